The highest BCUT2D eigenvalue weighted by atomic mass is 16.5. The first kappa shape index (κ1) is 18.5. The Morgan fingerprint density at radius 1 is 1.30 bits per heavy atom. The number of rotatable bonds is 4. The number of aromatic nitrogens is 2. The molecule has 1 saturated carbocycles. The summed E-state index contributed by atoms with van der Waals surface area (Å²) in [6.07, 6.45) is 6.73. The smallest absolute Gasteiger partial charge is 0.142 e. The van der Waals surface area contributed by atoms with Crippen LogP contribution in [0.5, 0.6) is 5.75 Å². The van der Waals surface area contributed by atoms with Gasteiger partial charge in [-0.15, -0.1) is 0 Å². The largest absolute Gasteiger partial charge is 0.494 e. The fourth-order valence-corrected chi connectivity index (χ4v) is 4.43. The first-order valence-corrected chi connectivity index (χ1v) is 10.3. The van der Waals surface area contributed by atoms with Crippen LogP contribution in [-0.4, -0.2) is 28.3 Å². The van der Waals surface area contributed by atoms with Gasteiger partial charge in [-0.25, -0.2) is 4.52 Å². The SMILES string of the molecule is CCOc1ccc(Nc2c3c(c(C#N)c4ccnn24)N[C@H]2CC[C@H](N)CC2=C3)cc1. The maximum absolute atomic E-state index is 9.90. The molecule has 2 aliphatic rings. The third-order valence-corrected chi connectivity index (χ3v) is 5.84. The van der Waals surface area contributed by atoms with Gasteiger partial charge in [-0.3, -0.25) is 0 Å². The van der Waals surface area contributed by atoms with Crippen molar-refractivity contribution in [3.05, 3.63) is 53.2 Å². The van der Waals surface area contributed by atoms with Crippen molar-refractivity contribution in [3.63, 3.8) is 0 Å². The van der Waals surface area contributed by atoms with Gasteiger partial charge in [0.1, 0.15) is 23.2 Å². The molecule has 0 radical (unpaired) electrons. The monoisotopic (exact) mass is 400 g/mol. The van der Waals surface area contributed by atoms with Crippen LogP contribution in [0.4, 0.5) is 17.2 Å². The van der Waals surface area contributed by atoms with E-state index in [2.05, 4.69) is 27.9 Å². The van der Waals surface area contributed by atoms with E-state index >= 15 is 0 Å². The van der Waals surface area contributed by atoms with Crippen molar-refractivity contribution in [1.29, 1.82) is 5.26 Å². The summed E-state index contributed by atoms with van der Waals surface area (Å²) < 4.78 is 7.35. The second-order valence-electron chi connectivity index (χ2n) is 7.79. The van der Waals surface area contributed by atoms with E-state index in [1.165, 1.54) is 5.57 Å². The van der Waals surface area contributed by atoms with E-state index in [9.17, 15) is 5.26 Å². The van der Waals surface area contributed by atoms with Crippen LogP contribution >= 0.6 is 0 Å². The predicted molar refractivity (Wildman–Crippen MR) is 118 cm³/mol. The van der Waals surface area contributed by atoms with E-state index in [0.29, 0.717) is 12.2 Å². The molecule has 0 unspecified atom stereocenters. The summed E-state index contributed by atoms with van der Waals surface area (Å²) in [5.41, 5.74) is 11.6. The van der Waals surface area contributed by atoms with Gasteiger partial charge in [0, 0.05) is 23.3 Å². The van der Waals surface area contributed by atoms with Gasteiger partial charge >= 0.3 is 0 Å². The van der Waals surface area contributed by atoms with Crippen LogP contribution in [0.15, 0.2) is 42.1 Å². The third kappa shape index (κ3) is 3.06. The average molecular weight is 400 g/mol. The average Bonchev–Trinajstić information content (AvgIpc) is 3.23. The summed E-state index contributed by atoms with van der Waals surface area (Å²) in [6.45, 7) is 2.60. The summed E-state index contributed by atoms with van der Waals surface area (Å²) in [5, 5.41) is 21.5. The molecule has 1 aliphatic heterocycles. The van der Waals surface area contributed by atoms with Crippen LogP contribution in [0, 0.1) is 11.3 Å². The van der Waals surface area contributed by atoms with Crippen molar-refractivity contribution in [3.8, 4) is 11.8 Å². The lowest BCUT2D eigenvalue weighted by Crippen LogP contribution is -2.37. The zero-order chi connectivity index (χ0) is 20.7. The summed E-state index contributed by atoms with van der Waals surface area (Å²) in [4.78, 5) is 0. The number of nitrogens with two attached hydrogens (primary N) is 1. The zero-order valence-electron chi connectivity index (χ0n) is 16.9. The Hall–Kier alpha value is -3.50. The second-order valence-corrected chi connectivity index (χ2v) is 7.79. The molecule has 3 heterocycles. The Kier molecular flexibility index (Phi) is 4.57. The standard InChI is InChI=1S/C23H24N6O/c1-2-30-17-6-4-16(5-7-17)27-23-18-12-14-11-15(25)3-8-20(14)28-22(18)19(13-24)21-9-10-26-29(21)23/h4-7,9-10,12,15,20,27-28H,2-3,8,11,25H2,1H3/t15-,20-/m0/s1. The molecule has 7 heteroatoms. The number of nitrogens with one attached hydrogen (secondary N) is 2. The molecule has 30 heavy (non-hydrogen) atoms. The third-order valence-electron chi connectivity index (χ3n) is 5.84. The van der Waals surface area contributed by atoms with Crippen LogP contribution in [0.3, 0.4) is 0 Å². The minimum Gasteiger partial charge on any atom is -0.494 e. The molecular formula is C23H24N6O. The molecule has 0 bridgehead atoms. The van der Waals surface area contributed by atoms with Crippen molar-refractivity contribution >= 4 is 28.8 Å². The Morgan fingerprint density at radius 2 is 2.13 bits per heavy atom. The molecule has 0 amide bonds. The molecule has 0 saturated heterocycles. The van der Waals surface area contributed by atoms with Crippen molar-refractivity contribution in [2.75, 3.05) is 17.2 Å². The summed E-state index contributed by atoms with van der Waals surface area (Å²) in [6, 6.07) is 12.5. The van der Waals surface area contributed by atoms with Crippen LogP contribution in [0.2, 0.25) is 0 Å². The van der Waals surface area contributed by atoms with Gasteiger partial charge in [-0.2, -0.15) is 10.4 Å². The van der Waals surface area contributed by atoms with Gasteiger partial charge in [-0.1, -0.05) is 0 Å². The number of fused-ring (bicyclic) bond motifs is 3. The number of hydrogen-bond donors (Lipinski definition) is 3. The van der Waals surface area contributed by atoms with E-state index in [4.69, 9.17) is 10.5 Å². The number of hydrogen-bond acceptors (Lipinski definition) is 6. The highest BCUT2D eigenvalue weighted by Crippen LogP contribution is 2.41. The molecule has 1 aliphatic carbocycles. The molecule has 1 aromatic carbocycles. The van der Waals surface area contributed by atoms with Gasteiger partial charge in [0.25, 0.3) is 0 Å². The first-order valence-electron chi connectivity index (χ1n) is 10.3. The Morgan fingerprint density at radius 3 is 2.90 bits per heavy atom. The lowest BCUT2D eigenvalue weighted by atomic mass is 9.83. The van der Waals surface area contributed by atoms with Gasteiger partial charge in [0.05, 0.1) is 24.0 Å². The molecular weight excluding hydrogens is 376 g/mol. The molecule has 0 spiro atoms. The molecule has 2 aromatic heterocycles. The summed E-state index contributed by atoms with van der Waals surface area (Å²) in [5.74, 6) is 1.66. The molecule has 1 fully saturated rings. The maximum Gasteiger partial charge on any atom is 0.142 e. The molecule has 2 atom stereocenters. The van der Waals surface area contributed by atoms with Crippen LogP contribution in [-0.2, 0) is 0 Å². The lowest BCUT2D eigenvalue weighted by molar-refractivity contribution is 0.340. The fourth-order valence-electron chi connectivity index (χ4n) is 4.43. The second kappa shape index (κ2) is 7.39. The molecule has 3 aromatic rings. The molecule has 5 rings (SSSR count). The number of benzene rings is 1. The summed E-state index contributed by atoms with van der Waals surface area (Å²) >= 11 is 0. The predicted octanol–water partition coefficient (Wildman–Crippen LogP) is 4.04. The molecule has 152 valence electrons. The molecule has 4 N–H and O–H groups in total. The van der Waals surface area contributed by atoms with Crippen LogP contribution in [0.25, 0.3) is 11.6 Å². The van der Waals surface area contributed by atoms with E-state index in [-0.39, 0.29) is 12.1 Å². The topological polar surface area (TPSA) is 100 Å². The van der Waals surface area contributed by atoms with E-state index in [1.54, 1.807) is 10.7 Å². The normalized spacial score (nSPS) is 19.8. The van der Waals surface area contributed by atoms with Gasteiger partial charge in [-0.05, 0) is 68.2 Å². The van der Waals surface area contributed by atoms with Gasteiger partial charge in [0.15, 0.2) is 0 Å². The van der Waals surface area contributed by atoms with Crippen molar-refractivity contribution in [1.82, 2.24) is 9.61 Å². The quantitative estimate of drug-likeness (QED) is 0.611. The number of pyridine rings is 1. The highest BCUT2D eigenvalue weighted by molar-refractivity contribution is 5.91. The fraction of sp³-hybridized carbons (Fsp3) is 0.304. The number of anilines is 3. The van der Waals surface area contributed by atoms with Crippen molar-refractivity contribution < 1.29 is 4.74 Å². The van der Waals surface area contributed by atoms with E-state index < -0.39 is 0 Å². The minimum absolute atomic E-state index is 0.183. The number of nitrogens with zero attached hydrogens (tertiary/aromatic N) is 3. The highest BCUT2D eigenvalue weighted by Gasteiger charge is 2.31. The van der Waals surface area contributed by atoms with Gasteiger partial charge < -0.3 is 21.1 Å². The van der Waals surface area contributed by atoms with Gasteiger partial charge in [0.2, 0.25) is 0 Å². The first-order chi connectivity index (χ1) is 14.7. The van der Waals surface area contributed by atoms with E-state index in [0.717, 1.165) is 53.3 Å². The summed E-state index contributed by atoms with van der Waals surface area (Å²) in [7, 11) is 0. The van der Waals surface area contributed by atoms with Crippen LogP contribution in [0.1, 0.15) is 37.3 Å². The number of ether oxygens (including phenoxy) is 1. The Balaban J connectivity index is 1.65. The zero-order valence-corrected chi connectivity index (χ0v) is 16.9. The number of nitriles is 1. The molecule has 7 nitrogen and oxygen atoms in total. The van der Waals surface area contributed by atoms with Crippen molar-refractivity contribution in [2.24, 2.45) is 5.73 Å². The minimum atomic E-state index is 0.183. The van der Waals surface area contributed by atoms with E-state index in [1.807, 2.05) is 37.3 Å². The van der Waals surface area contributed by atoms with Crippen molar-refractivity contribution in [2.45, 2.75) is 38.3 Å². The van der Waals surface area contributed by atoms with Crippen LogP contribution < -0.4 is 21.1 Å². The lowest BCUT2D eigenvalue weighted by Gasteiger charge is -2.35. The maximum atomic E-state index is 9.90. The Bertz CT molecular complexity index is 1170. The Labute approximate surface area is 175 Å².